The molecule has 7 nitrogen and oxygen atoms in total. The number of rotatable bonds is 7. The van der Waals surface area contributed by atoms with E-state index >= 15 is 0 Å². The third-order valence-electron chi connectivity index (χ3n) is 5.05. The van der Waals surface area contributed by atoms with Crippen LogP contribution in [0.5, 0.6) is 0 Å². The van der Waals surface area contributed by atoms with Crippen LogP contribution in [0.25, 0.3) is 11.4 Å². The molecular formula is C20H27ClN4O3S. The highest BCUT2D eigenvalue weighted by Gasteiger charge is 2.32. The highest BCUT2D eigenvalue weighted by molar-refractivity contribution is 7.89. The van der Waals surface area contributed by atoms with Gasteiger partial charge in [0.25, 0.3) is 5.91 Å². The maximum Gasteiger partial charge on any atom is 0.271 e. The molecule has 0 unspecified atom stereocenters. The first kappa shape index (κ1) is 21.8. The minimum absolute atomic E-state index is 0.0289. The summed E-state index contributed by atoms with van der Waals surface area (Å²) < 4.78 is 28.2. The Morgan fingerprint density at radius 1 is 1.24 bits per heavy atom. The number of sulfonamides is 1. The molecule has 0 radical (unpaired) electrons. The minimum atomic E-state index is -3.35. The highest BCUT2D eigenvalue weighted by Crippen LogP contribution is 2.28. The molecule has 1 N–H and O–H groups in total. The number of nitrogens with zero attached hydrogens (tertiary/aromatic N) is 3. The molecule has 0 aliphatic carbocycles. The molecule has 9 heteroatoms. The predicted octanol–water partition coefficient (Wildman–Crippen LogP) is 3.14. The number of fused-ring (bicyclic) bond motifs is 1. The summed E-state index contributed by atoms with van der Waals surface area (Å²) in [6, 6.07) is 7.26. The van der Waals surface area contributed by atoms with Crippen LogP contribution in [0.4, 0.5) is 0 Å². The first-order valence-electron chi connectivity index (χ1n) is 9.84. The lowest BCUT2D eigenvalue weighted by Gasteiger charge is -2.28. The molecule has 1 amide bonds. The fraction of sp³-hybridized carbons (Fsp3) is 0.500. The maximum absolute atomic E-state index is 12.8. The van der Waals surface area contributed by atoms with E-state index in [0.717, 1.165) is 12.0 Å². The van der Waals surface area contributed by atoms with Gasteiger partial charge in [-0.15, -0.1) is 0 Å². The third-order valence-corrected chi connectivity index (χ3v) is 7.13. The van der Waals surface area contributed by atoms with Crippen molar-refractivity contribution in [3.05, 3.63) is 40.7 Å². The Labute approximate surface area is 177 Å². The third kappa shape index (κ3) is 4.82. The molecule has 0 saturated carbocycles. The number of carbonyl (C=O) groups is 1. The lowest BCUT2D eigenvalue weighted by atomic mass is 10.1. The zero-order chi connectivity index (χ0) is 21.2. The molecule has 1 aliphatic heterocycles. The van der Waals surface area contributed by atoms with Gasteiger partial charge in [0, 0.05) is 30.2 Å². The number of amides is 1. The van der Waals surface area contributed by atoms with E-state index in [-0.39, 0.29) is 23.9 Å². The van der Waals surface area contributed by atoms with Crippen LogP contribution in [0.3, 0.4) is 0 Å². The summed E-state index contributed by atoms with van der Waals surface area (Å²) >= 11 is 6.00. The van der Waals surface area contributed by atoms with Crippen LogP contribution in [0.15, 0.2) is 24.3 Å². The van der Waals surface area contributed by atoms with Gasteiger partial charge in [0.2, 0.25) is 10.0 Å². The summed E-state index contributed by atoms with van der Waals surface area (Å²) in [5, 5.41) is 3.53. The van der Waals surface area contributed by atoms with Gasteiger partial charge in [-0.1, -0.05) is 25.4 Å². The van der Waals surface area contributed by atoms with Gasteiger partial charge in [0.1, 0.15) is 5.82 Å². The standard InChI is InChI=1S/C20H27ClN4O3S/c1-4-29(27,28)24-11-12-25-17(13-24)18(20(26)22-10-9-14(2)3)23-19(25)15-5-7-16(21)8-6-15/h5-8,14H,4,9-13H2,1-3H3,(H,22,26). The van der Waals surface area contributed by atoms with Crippen molar-refractivity contribution in [2.45, 2.75) is 40.3 Å². The number of hydrogen-bond acceptors (Lipinski definition) is 4. The van der Waals surface area contributed by atoms with Gasteiger partial charge in [0.05, 0.1) is 18.0 Å². The molecule has 1 aromatic heterocycles. The monoisotopic (exact) mass is 438 g/mol. The van der Waals surface area contributed by atoms with E-state index in [0.29, 0.717) is 42.1 Å². The lowest BCUT2D eigenvalue weighted by molar-refractivity contribution is 0.0945. The fourth-order valence-electron chi connectivity index (χ4n) is 3.32. The fourth-order valence-corrected chi connectivity index (χ4v) is 4.49. The largest absolute Gasteiger partial charge is 0.351 e. The normalized spacial score (nSPS) is 14.8. The number of nitrogens with one attached hydrogen (secondary N) is 1. The average molecular weight is 439 g/mol. The number of benzene rings is 1. The molecule has 0 fully saturated rings. The Hall–Kier alpha value is -1.90. The van der Waals surface area contributed by atoms with Crippen molar-refractivity contribution < 1.29 is 13.2 Å². The van der Waals surface area contributed by atoms with Crippen LogP contribution in [0.1, 0.15) is 43.4 Å². The molecule has 1 aromatic carbocycles. The Morgan fingerprint density at radius 2 is 1.93 bits per heavy atom. The van der Waals surface area contributed by atoms with Crippen molar-refractivity contribution in [3.8, 4) is 11.4 Å². The van der Waals surface area contributed by atoms with E-state index in [1.165, 1.54) is 4.31 Å². The number of carbonyl (C=O) groups excluding carboxylic acids is 1. The summed E-state index contributed by atoms with van der Waals surface area (Å²) in [5.41, 5.74) is 1.75. The smallest absolute Gasteiger partial charge is 0.271 e. The van der Waals surface area contributed by atoms with E-state index in [1.807, 2.05) is 16.7 Å². The van der Waals surface area contributed by atoms with Crippen molar-refractivity contribution >= 4 is 27.5 Å². The van der Waals surface area contributed by atoms with Crippen LogP contribution in [0, 0.1) is 5.92 Å². The lowest BCUT2D eigenvalue weighted by Crippen LogP contribution is -2.40. The zero-order valence-corrected chi connectivity index (χ0v) is 18.6. The zero-order valence-electron chi connectivity index (χ0n) is 17.0. The number of hydrogen-bond donors (Lipinski definition) is 1. The van der Waals surface area contributed by atoms with Gasteiger partial charge >= 0.3 is 0 Å². The van der Waals surface area contributed by atoms with Crippen molar-refractivity contribution in [3.63, 3.8) is 0 Å². The number of halogens is 1. The predicted molar refractivity (Wildman–Crippen MR) is 114 cm³/mol. The number of aromatic nitrogens is 2. The second-order valence-corrected chi connectivity index (χ2v) is 10.3. The molecule has 0 atom stereocenters. The van der Waals surface area contributed by atoms with Gasteiger partial charge in [-0.25, -0.2) is 13.4 Å². The highest BCUT2D eigenvalue weighted by atomic mass is 35.5. The molecule has 1 aliphatic rings. The second-order valence-electron chi connectivity index (χ2n) is 7.56. The van der Waals surface area contributed by atoms with Crippen LogP contribution in [0.2, 0.25) is 5.02 Å². The van der Waals surface area contributed by atoms with E-state index in [1.54, 1.807) is 19.1 Å². The summed E-state index contributed by atoms with van der Waals surface area (Å²) in [6.45, 7) is 7.31. The molecule has 29 heavy (non-hydrogen) atoms. The summed E-state index contributed by atoms with van der Waals surface area (Å²) in [6.07, 6.45) is 0.863. The van der Waals surface area contributed by atoms with Gasteiger partial charge in [-0.2, -0.15) is 4.31 Å². The van der Waals surface area contributed by atoms with Crippen molar-refractivity contribution in [1.82, 2.24) is 19.2 Å². The van der Waals surface area contributed by atoms with E-state index in [2.05, 4.69) is 24.1 Å². The van der Waals surface area contributed by atoms with Crippen LogP contribution in [-0.2, 0) is 23.1 Å². The second kappa shape index (κ2) is 8.85. The average Bonchev–Trinajstić information content (AvgIpc) is 3.07. The van der Waals surface area contributed by atoms with E-state index in [9.17, 15) is 13.2 Å². The van der Waals surface area contributed by atoms with Crippen LogP contribution < -0.4 is 5.32 Å². The molecule has 3 rings (SSSR count). The Kier molecular flexibility index (Phi) is 6.65. The first-order valence-corrected chi connectivity index (χ1v) is 11.8. The van der Waals surface area contributed by atoms with Crippen molar-refractivity contribution in [2.75, 3.05) is 18.8 Å². The molecule has 0 saturated heterocycles. The quantitative estimate of drug-likeness (QED) is 0.719. The molecule has 158 valence electrons. The van der Waals surface area contributed by atoms with E-state index < -0.39 is 10.0 Å². The summed E-state index contributed by atoms with van der Waals surface area (Å²) in [7, 11) is -3.35. The number of imidazole rings is 1. The van der Waals surface area contributed by atoms with Crippen LogP contribution in [-0.4, -0.2) is 47.0 Å². The molecule has 0 bridgehead atoms. The summed E-state index contributed by atoms with van der Waals surface area (Å²) in [4.78, 5) is 17.5. The Bertz CT molecular complexity index is 984. The topological polar surface area (TPSA) is 84.3 Å². The maximum atomic E-state index is 12.8. The molecule has 2 heterocycles. The van der Waals surface area contributed by atoms with Crippen molar-refractivity contribution in [1.29, 1.82) is 0 Å². The molecule has 0 spiro atoms. The van der Waals surface area contributed by atoms with Gasteiger partial charge in [-0.05, 0) is 43.5 Å². The first-order chi connectivity index (χ1) is 13.7. The minimum Gasteiger partial charge on any atom is -0.351 e. The SMILES string of the molecule is CCS(=O)(=O)N1CCn2c(-c3ccc(Cl)cc3)nc(C(=O)NCCC(C)C)c2C1. The van der Waals surface area contributed by atoms with Crippen molar-refractivity contribution in [2.24, 2.45) is 5.92 Å². The van der Waals surface area contributed by atoms with Crippen LogP contribution >= 0.6 is 11.6 Å². The molecular weight excluding hydrogens is 412 g/mol. The van der Waals surface area contributed by atoms with E-state index in [4.69, 9.17) is 11.6 Å². The Morgan fingerprint density at radius 3 is 2.55 bits per heavy atom. The van der Waals surface area contributed by atoms with Gasteiger partial charge in [0.15, 0.2) is 5.69 Å². The van der Waals surface area contributed by atoms with Gasteiger partial charge < -0.3 is 9.88 Å². The Balaban J connectivity index is 1.99. The van der Waals surface area contributed by atoms with Gasteiger partial charge in [-0.3, -0.25) is 4.79 Å². The molecule has 2 aromatic rings. The summed E-state index contributed by atoms with van der Waals surface area (Å²) in [5.74, 6) is 0.881.